The molecule has 0 atom stereocenters. The molecule has 0 spiro atoms. The number of likely N-dealkylation sites (tertiary alicyclic amines) is 1. The van der Waals surface area contributed by atoms with Crippen molar-refractivity contribution in [1.29, 1.82) is 0 Å². The van der Waals surface area contributed by atoms with E-state index in [1.165, 1.54) is 10.8 Å². The number of hydrogen-bond donors (Lipinski definition) is 0. The lowest BCUT2D eigenvalue weighted by Crippen LogP contribution is -2.37. The Morgan fingerprint density at radius 2 is 1.88 bits per heavy atom. The number of fused-ring (bicyclic) bond motifs is 1. The van der Waals surface area contributed by atoms with E-state index in [4.69, 9.17) is 9.47 Å². The van der Waals surface area contributed by atoms with Crippen LogP contribution in [0.4, 0.5) is 0 Å². The van der Waals surface area contributed by atoms with Crippen molar-refractivity contribution >= 4 is 16.7 Å². The molecule has 4 nitrogen and oxygen atoms in total. The van der Waals surface area contributed by atoms with Crippen LogP contribution in [0.1, 0.15) is 26.2 Å². The number of benzene rings is 2. The summed E-state index contributed by atoms with van der Waals surface area (Å²) in [6, 6.07) is 14.5. The van der Waals surface area contributed by atoms with Crippen LogP contribution in [0.25, 0.3) is 10.8 Å². The van der Waals surface area contributed by atoms with Gasteiger partial charge in [-0.3, -0.25) is 4.79 Å². The largest absolute Gasteiger partial charge is 0.494 e. The maximum absolute atomic E-state index is 11.8. The monoisotopic (exact) mass is 341 g/mol. The second-order valence-electron chi connectivity index (χ2n) is 6.58. The molecule has 1 heterocycles. The van der Waals surface area contributed by atoms with Gasteiger partial charge in [0, 0.05) is 6.54 Å². The fourth-order valence-corrected chi connectivity index (χ4v) is 3.39. The number of ether oxygens (including phenoxy) is 2. The predicted octanol–water partition coefficient (Wildman–Crippen LogP) is 3.88. The maximum Gasteiger partial charge on any atom is 0.309 e. The highest BCUT2D eigenvalue weighted by atomic mass is 16.5. The van der Waals surface area contributed by atoms with Crippen molar-refractivity contribution in [3.63, 3.8) is 0 Å². The molecule has 0 aromatic heterocycles. The number of carbonyl (C=O) groups is 1. The molecule has 2 aromatic rings. The number of piperidine rings is 1. The summed E-state index contributed by atoms with van der Waals surface area (Å²) < 4.78 is 11.0. The van der Waals surface area contributed by atoms with Crippen molar-refractivity contribution in [1.82, 2.24) is 4.90 Å². The van der Waals surface area contributed by atoms with Crippen LogP contribution in [-0.2, 0) is 9.53 Å². The fraction of sp³-hybridized carbons (Fsp3) is 0.476. The molecule has 0 radical (unpaired) electrons. The van der Waals surface area contributed by atoms with Gasteiger partial charge in [-0.1, -0.05) is 30.3 Å². The summed E-state index contributed by atoms with van der Waals surface area (Å²) in [5.74, 6) is 0.992. The van der Waals surface area contributed by atoms with Crippen LogP contribution in [0, 0.1) is 5.92 Å². The highest BCUT2D eigenvalue weighted by Crippen LogP contribution is 2.21. The number of rotatable bonds is 7. The molecule has 0 N–H and O–H groups in total. The van der Waals surface area contributed by atoms with Gasteiger partial charge >= 0.3 is 5.97 Å². The van der Waals surface area contributed by atoms with Crippen LogP contribution in [0.5, 0.6) is 5.75 Å². The quantitative estimate of drug-likeness (QED) is 0.566. The van der Waals surface area contributed by atoms with Crippen LogP contribution in [0.2, 0.25) is 0 Å². The minimum absolute atomic E-state index is 0.0261. The van der Waals surface area contributed by atoms with Gasteiger partial charge in [-0.2, -0.15) is 0 Å². The van der Waals surface area contributed by atoms with E-state index in [9.17, 15) is 4.79 Å². The molecule has 2 aromatic carbocycles. The second-order valence-corrected chi connectivity index (χ2v) is 6.58. The lowest BCUT2D eigenvalue weighted by atomic mass is 9.97. The number of hydrogen-bond acceptors (Lipinski definition) is 4. The molecular weight excluding hydrogens is 314 g/mol. The standard InChI is InChI=1S/C21H27NO3/c1-2-24-21(23)18-10-13-22(14-11-18)12-5-15-25-20-9-8-17-6-3-4-7-19(17)16-20/h3-4,6-9,16,18H,2,5,10-15H2,1H3. The van der Waals surface area contributed by atoms with E-state index in [1.807, 2.05) is 25.1 Å². The van der Waals surface area contributed by atoms with E-state index >= 15 is 0 Å². The fourth-order valence-electron chi connectivity index (χ4n) is 3.39. The van der Waals surface area contributed by atoms with Crippen molar-refractivity contribution in [3.05, 3.63) is 42.5 Å². The zero-order valence-corrected chi connectivity index (χ0v) is 14.9. The van der Waals surface area contributed by atoms with Crippen molar-refractivity contribution in [3.8, 4) is 5.75 Å². The summed E-state index contributed by atoms with van der Waals surface area (Å²) in [6.07, 6.45) is 2.81. The predicted molar refractivity (Wildman–Crippen MR) is 99.9 cm³/mol. The first-order valence-electron chi connectivity index (χ1n) is 9.27. The lowest BCUT2D eigenvalue weighted by molar-refractivity contribution is -0.149. The van der Waals surface area contributed by atoms with Crippen LogP contribution in [0.15, 0.2) is 42.5 Å². The van der Waals surface area contributed by atoms with Crippen molar-refractivity contribution < 1.29 is 14.3 Å². The topological polar surface area (TPSA) is 38.8 Å². The Balaban J connectivity index is 1.36. The SMILES string of the molecule is CCOC(=O)C1CCN(CCCOc2ccc3ccccc3c2)CC1. The van der Waals surface area contributed by atoms with E-state index in [0.717, 1.165) is 51.3 Å². The third-order valence-corrected chi connectivity index (χ3v) is 4.82. The first-order chi connectivity index (χ1) is 12.3. The highest BCUT2D eigenvalue weighted by Gasteiger charge is 2.25. The lowest BCUT2D eigenvalue weighted by Gasteiger charge is -2.30. The molecule has 1 fully saturated rings. The van der Waals surface area contributed by atoms with Crippen molar-refractivity contribution in [2.45, 2.75) is 26.2 Å². The second kappa shape index (κ2) is 8.86. The van der Waals surface area contributed by atoms with Gasteiger partial charge in [0.25, 0.3) is 0 Å². The van der Waals surface area contributed by atoms with Crippen molar-refractivity contribution in [2.75, 3.05) is 32.8 Å². The average molecular weight is 341 g/mol. The Labute approximate surface area is 149 Å². The minimum Gasteiger partial charge on any atom is -0.494 e. The molecule has 1 aliphatic rings. The molecule has 4 heteroatoms. The summed E-state index contributed by atoms with van der Waals surface area (Å²) in [5, 5.41) is 2.44. The molecule has 134 valence electrons. The summed E-state index contributed by atoms with van der Waals surface area (Å²) in [4.78, 5) is 14.2. The van der Waals surface area contributed by atoms with E-state index in [1.54, 1.807) is 0 Å². The van der Waals surface area contributed by atoms with Gasteiger partial charge in [-0.05, 0) is 62.2 Å². The van der Waals surface area contributed by atoms with Gasteiger partial charge < -0.3 is 14.4 Å². The smallest absolute Gasteiger partial charge is 0.309 e. The van der Waals surface area contributed by atoms with Gasteiger partial charge in [0.05, 0.1) is 19.1 Å². The molecule has 0 saturated carbocycles. The van der Waals surface area contributed by atoms with E-state index in [-0.39, 0.29) is 11.9 Å². The molecule has 0 amide bonds. The first-order valence-corrected chi connectivity index (χ1v) is 9.27. The Morgan fingerprint density at radius 3 is 2.64 bits per heavy atom. The average Bonchev–Trinajstić information content (AvgIpc) is 2.66. The van der Waals surface area contributed by atoms with Gasteiger partial charge in [0.15, 0.2) is 0 Å². The molecule has 3 rings (SSSR count). The van der Waals surface area contributed by atoms with Crippen LogP contribution in [0.3, 0.4) is 0 Å². The van der Waals surface area contributed by atoms with Gasteiger partial charge in [0.2, 0.25) is 0 Å². The molecule has 0 aliphatic carbocycles. The Morgan fingerprint density at radius 1 is 1.12 bits per heavy atom. The summed E-state index contributed by atoms with van der Waals surface area (Å²) in [5.41, 5.74) is 0. The van der Waals surface area contributed by atoms with Crippen molar-refractivity contribution in [2.24, 2.45) is 5.92 Å². The summed E-state index contributed by atoms with van der Waals surface area (Å²) >= 11 is 0. The zero-order chi connectivity index (χ0) is 17.5. The molecule has 25 heavy (non-hydrogen) atoms. The molecule has 0 bridgehead atoms. The van der Waals surface area contributed by atoms with Gasteiger partial charge in [-0.25, -0.2) is 0 Å². The Hall–Kier alpha value is -2.07. The molecule has 1 saturated heterocycles. The maximum atomic E-state index is 11.8. The highest BCUT2D eigenvalue weighted by molar-refractivity contribution is 5.83. The molecule has 0 unspecified atom stereocenters. The summed E-state index contributed by atoms with van der Waals surface area (Å²) in [6.45, 7) is 6.02. The minimum atomic E-state index is -0.0261. The number of nitrogens with zero attached hydrogens (tertiary/aromatic N) is 1. The zero-order valence-electron chi connectivity index (χ0n) is 14.9. The molecular formula is C21H27NO3. The number of esters is 1. The van der Waals surface area contributed by atoms with Crippen LogP contribution < -0.4 is 4.74 Å². The van der Waals surface area contributed by atoms with Gasteiger partial charge in [0.1, 0.15) is 5.75 Å². The molecule has 1 aliphatic heterocycles. The first kappa shape index (κ1) is 17.7. The summed E-state index contributed by atoms with van der Waals surface area (Å²) in [7, 11) is 0. The third kappa shape index (κ3) is 4.95. The normalized spacial score (nSPS) is 16.0. The van der Waals surface area contributed by atoms with Crippen LogP contribution in [-0.4, -0.2) is 43.7 Å². The van der Waals surface area contributed by atoms with E-state index < -0.39 is 0 Å². The Bertz CT molecular complexity index is 692. The number of carbonyl (C=O) groups excluding carboxylic acids is 1. The van der Waals surface area contributed by atoms with E-state index in [2.05, 4.69) is 29.2 Å². The van der Waals surface area contributed by atoms with Crippen LogP contribution >= 0.6 is 0 Å². The van der Waals surface area contributed by atoms with Gasteiger partial charge in [-0.15, -0.1) is 0 Å². The van der Waals surface area contributed by atoms with E-state index in [0.29, 0.717) is 6.61 Å². The Kier molecular flexibility index (Phi) is 6.29. The third-order valence-electron chi connectivity index (χ3n) is 4.82.